The van der Waals surface area contributed by atoms with Crippen molar-refractivity contribution in [3.05, 3.63) is 0 Å². The number of hydrogen-bond acceptors (Lipinski definition) is 4. The third-order valence-corrected chi connectivity index (χ3v) is 6.21. The summed E-state index contributed by atoms with van der Waals surface area (Å²) >= 11 is 3.31. The molecule has 20 heavy (non-hydrogen) atoms. The molecule has 0 spiro atoms. The molecular weight excluding hydrogens is 296 g/mol. The van der Waals surface area contributed by atoms with E-state index in [2.05, 4.69) is 0 Å². The van der Waals surface area contributed by atoms with Gasteiger partial charge in [-0.15, -0.1) is 11.8 Å². The monoisotopic (exact) mass is 318 g/mol. The van der Waals surface area contributed by atoms with E-state index in [9.17, 15) is 14.7 Å². The second kappa shape index (κ2) is 6.47. The summed E-state index contributed by atoms with van der Waals surface area (Å²) in [4.78, 5) is 27.4. The summed E-state index contributed by atoms with van der Waals surface area (Å²) in [6.07, 6.45) is 4.23. The summed E-state index contributed by atoms with van der Waals surface area (Å²) in [6, 6.07) is -0.708. The van der Waals surface area contributed by atoms with E-state index < -0.39 is 12.0 Å². The van der Waals surface area contributed by atoms with E-state index in [0.29, 0.717) is 11.7 Å². The van der Waals surface area contributed by atoms with E-state index in [1.807, 2.05) is 13.2 Å². The molecule has 1 aliphatic carbocycles. The standard InChI is InChI=1S/C13H22N2O3S2/c1-8(6-19-3)14(2)13(18)15-10(12(16)17)7-20-11(15)9-4-5-9/h8-11H,4-7H2,1-3H3,(H,16,17). The zero-order chi connectivity index (χ0) is 14.9. The van der Waals surface area contributed by atoms with Gasteiger partial charge in [-0.2, -0.15) is 11.8 Å². The maximum Gasteiger partial charge on any atom is 0.327 e. The first-order chi connectivity index (χ1) is 9.47. The summed E-state index contributed by atoms with van der Waals surface area (Å²) in [5.41, 5.74) is 0. The maximum absolute atomic E-state index is 12.7. The van der Waals surface area contributed by atoms with Gasteiger partial charge in [0, 0.05) is 24.6 Å². The number of carbonyl (C=O) groups excluding carboxylic acids is 1. The second-order valence-electron chi connectivity index (χ2n) is 5.52. The Morgan fingerprint density at radius 3 is 2.65 bits per heavy atom. The second-order valence-corrected chi connectivity index (χ2v) is 7.58. The number of thioether (sulfide) groups is 2. The van der Waals surface area contributed by atoms with Gasteiger partial charge in [0.15, 0.2) is 0 Å². The number of carboxylic acids is 1. The number of aliphatic carboxylic acids is 1. The molecule has 1 saturated carbocycles. The van der Waals surface area contributed by atoms with Crippen LogP contribution in [0.5, 0.6) is 0 Å². The Labute approximate surface area is 128 Å². The van der Waals surface area contributed by atoms with Crippen LogP contribution in [0, 0.1) is 5.92 Å². The molecule has 0 aromatic heterocycles. The molecule has 1 aliphatic heterocycles. The molecular formula is C13H22N2O3S2. The van der Waals surface area contributed by atoms with Gasteiger partial charge in [0.1, 0.15) is 6.04 Å². The van der Waals surface area contributed by atoms with Crippen LogP contribution >= 0.6 is 23.5 Å². The van der Waals surface area contributed by atoms with Crippen LogP contribution in [0.2, 0.25) is 0 Å². The van der Waals surface area contributed by atoms with Gasteiger partial charge in [-0.1, -0.05) is 0 Å². The van der Waals surface area contributed by atoms with Crippen LogP contribution in [-0.2, 0) is 4.79 Å². The normalized spacial score (nSPS) is 27.4. The van der Waals surface area contributed by atoms with E-state index in [0.717, 1.165) is 18.6 Å². The molecule has 1 saturated heterocycles. The molecule has 114 valence electrons. The van der Waals surface area contributed by atoms with Crippen LogP contribution in [0.4, 0.5) is 4.79 Å². The Morgan fingerprint density at radius 1 is 1.50 bits per heavy atom. The largest absolute Gasteiger partial charge is 0.480 e. The van der Waals surface area contributed by atoms with Crippen LogP contribution in [0.25, 0.3) is 0 Å². The Morgan fingerprint density at radius 2 is 2.15 bits per heavy atom. The fourth-order valence-electron chi connectivity index (χ4n) is 2.43. The lowest BCUT2D eigenvalue weighted by Crippen LogP contribution is -2.53. The van der Waals surface area contributed by atoms with Crippen LogP contribution in [0.1, 0.15) is 19.8 Å². The highest BCUT2D eigenvalue weighted by Gasteiger charge is 2.49. The number of amides is 2. The highest BCUT2D eigenvalue weighted by Crippen LogP contribution is 2.45. The number of nitrogens with zero attached hydrogens (tertiary/aromatic N) is 2. The molecule has 2 amide bonds. The van der Waals surface area contributed by atoms with Crippen molar-refractivity contribution in [2.75, 3.05) is 24.8 Å². The number of urea groups is 1. The van der Waals surface area contributed by atoms with Crippen molar-refractivity contribution in [2.24, 2.45) is 5.92 Å². The molecule has 0 aromatic rings. The molecule has 5 nitrogen and oxygen atoms in total. The highest BCUT2D eigenvalue weighted by atomic mass is 32.2. The minimum absolute atomic E-state index is 0.0486. The van der Waals surface area contributed by atoms with Gasteiger partial charge in [0.25, 0.3) is 0 Å². The van der Waals surface area contributed by atoms with Crippen LogP contribution in [-0.4, -0.2) is 69.2 Å². The molecule has 1 heterocycles. The van der Waals surface area contributed by atoms with Crippen molar-refractivity contribution in [1.29, 1.82) is 0 Å². The summed E-state index contributed by atoms with van der Waals surface area (Å²) < 4.78 is 0. The summed E-state index contributed by atoms with van der Waals surface area (Å²) in [5, 5.41) is 9.40. The van der Waals surface area contributed by atoms with Gasteiger partial charge < -0.3 is 10.0 Å². The first kappa shape index (κ1) is 15.8. The van der Waals surface area contributed by atoms with Crippen LogP contribution in [0.3, 0.4) is 0 Å². The average Bonchev–Trinajstić information content (AvgIpc) is 3.15. The zero-order valence-corrected chi connectivity index (χ0v) is 13.7. The van der Waals surface area contributed by atoms with E-state index >= 15 is 0 Å². The predicted octanol–water partition coefficient (Wildman–Crippen LogP) is 2.03. The van der Waals surface area contributed by atoms with E-state index in [1.165, 1.54) is 0 Å². The van der Waals surface area contributed by atoms with Gasteiger partial charge in [-0.05, 0) is 31.9 Å². The van der Waals surface area contributed by atoms with Crippen molar-refractivity contribution >= 4 is 35.5 Å². The Kier molecular flexibility index (Phi) is 5.12. The fourth-order valence-corrected chi connectivity index (χ4v) is 4.76. The minimum Gasteiger partial charge on any atom is -0.480 e. The van der Waals surface area contributed by atoms with E-state index in [4.69, 9.17) is 0 Å². The molecule has 0 bridgehead atoms. The number of hydrogen-bond donors (Lipinski definition) is 1. The van der Waals surface area contributed by atoms with Crippen LogP contribution < -0.4 is 0 Å². The van der Waals surface area contributed by atoms with Crippen LogP contribution in [0.15, 0.2) is 0 Å². The Hall–Kier alpha value is -0.560. The minimum atomic E-state index is -0.889. The van der Waals surface area contributed by atoms with Crippen molar-refractivity contribution in [1.82, 2.24) is 9.80 Å². The van der Waals surface area contributed by atoms with E-state index in [-0.39, 0.29) is 17.4 Å². The molecule has 7 heteroatoms. The molecule has 3 unspecified atom stereocenters. The highest BCUT2D eigenvalue weighted by molar-refractivity contribution is 8.00. The first-order valence-corrected chi connectivity index (χ1v) is 9.30. The number of rotatable bonds is 5. The summed E-state index contributed by atoms with van der Waals surface area (Å²) in [5.74, 6) is 0.958. The smallest absolute Gasteiger partial charge is 0.327 e. The lowest BCUT2D eigenvalue weighted by molar-refractivity contribution is -0.141. The van der Waals surface area contributed by atoms with Crippen molar-refractivity contribution in [3.63, 3.8) is 0 Å². The third-order valence-electron chi connectivity index (χ3n) is 3.94. The molecule has 2 fully saturated rings. The molecule has 0 radical (unpaired) electrons. The lowest BCUT2D eigenvalue weighted by atomic mass is 10.2. The molecule has 1 N–H and O–H groups in total. The van der Waals surface area contributed by atoms with Gasteiger partial charge in [0.2, 0.25) is 0 Å². The third kappa shape index (κ3) is 3.19. The Balaban J connectivity index is 2.12. The zero-order valence-electron chi connectivity index (χ0n) is 12.1. The van der Waals surface area contributed by atoms with Gasteiger partial charge in [-0.25, -0.2) is 9.59 Å². The first-order valence-electron chi connectivity index (χ1n) is 6.85. The topological polar surface area (TPSA) is 60.9 Å². The molecule has 2 aliphatic rings. The van der Waals surface area contributed by atoms with Gasteiger partial charge in [0.05, 0.1) is 5.37 Å². The lowest BCUT2D eigenvalue weighted by Gasteiger charge is -2.34. The average molecular weight is 318 g/mol. The molecule has 2 rings (SSSR count). The van der Waals surface area contributed by atoms with Crippen molar-refractivity contribution in [3.8, 4) is 0 Å². The van der Waals surface area contributed by atoms with Gasteiger partial charge >= 0.3 is 12.0 Å². The SMILES string of the molecule is CSCC(C)N(C)C(=O)N1C(C(=O)O)CSC1C1CC1. The van der Waals surface area contributed by atoms with Crippen molar-refractivity contribution < 1.29 is 14.7 Å². The Bertz CT molecular complexity index is 390. The summed E-state index contributed by atoms with van der Waals surface area (Å²) in [7, 11) is 1.77. The molecule has 3 atom stereocenters. The predicted molar refractivity (Wildman–Crippen MR) is 83.2 cm³/mol. The number of carboxylic acid groups (broad SMARTS) is 1. The maximum atomic E-state index is 12.7. The quantitative estimate of drug-likeness (QED) is 0.840. The summed E-state index contributed by atoms with van der Waals surface area (Å²) in [6.45, 7) is 2.00. The van der Waals surface area contributed by atoms with Gasteiger partial charge in [-0.3, -0.25) is 4.90 Å². The number of carbonyl (C=O) groups is 2. The van der Waals surface area contributed by atoms with Crippen molar-refractivity contribution in [2.45, 2.75) is 37.2 Å². The molecule has 0 aromatic carbocycles. The fraction of sp³-hybridized carbons (Fsp3) is 0.846. The van der Waals surface area contributed by atoms with E-state index in [1.54, 1.807) is 40.4 Å².